The second kappa shape index (κ2) is 7.93. The third-order valence-corrected chi connectivity index (χ3v) is 4.47. The fourth-order valence-corrected chi connectivity index (χ4v) is 2.84. The Labute approximate surface area is 115 Å². The van der Waals surface area contributed by atoms with E-state index in [4.69, 9.17) is 5.11 Å². The van der Waals surface area contributed by atoms with E-state index in [1.165, 1.54) is 22.6 Å². The van der Waals surface area contributed by atoms with Crippen LogP contribution in [0.3, 0.4) is 0 Å². The Kier molecular flexibility index (Phi) is 6.90. The van der Waals surface area contributed by atoms with Crippen molar-refractivity contribution in [3.8, 4) is 0 Å². The van der Waals surface area contributed by atoms with Crippen LogP contribution >= 0.6 is 11.3 Å². The number of rotatable bonds is 8. The van der Waals surface area contributed by atoms with E-state index in [9.17, 15) is 0 Å². The normalized spacial score (nSPS) is 12.0. The number of hydrogen-bond donors (Lipinski definition) is 2. The zero-order valence-corrected chi connectivity index (χ0v) is 12.8. The van der Waals surface area contributed by atoms with Gasteiger partial charge in [-0.05, 0) is 36.9 Å². The average molecular weight is 269 g/mol. The number of hydrogen-bond acceptors (Lipinski definition) is 3. The molecule has 1 heterocycles. The highest BCUT2D eigenvalue weighted by molar-refractivity contribution is 7.12. The van der Waals surface area contributed by atoms with E-state index in [1.54, 1.807) is 0 Å². The molecule has 0 aliphatic heterocycles. The molecule has 1 aromatic heterocycles. The van der Waals surface area contributed by atoms with Crippen LogP contribution in [-0.4, -0.2) is 18.3 Å². The number of unbranched alkanes of at least 4 members (excludes halogenated alkanes) is 3. The molecule has 104 valence electrons. The Morgan fingerprint density at radius 2 is 1.83 bits per heavy atom. The molecule has 3 heteroatoms. The maximum absolute atomic E-state index is 8.67. The van der Waals surface area contributed by atoms with Crippen molar-refractivity contribution in [2.75, 3.05) is 13.2 Å². The summed E-state index contributed by atoms with van der Waals surface area (Å²) in [6, 6.07) is 4.49. The summed E-state index contributed by atoms with van der Waals surface area (Å²) in [5.41, 5.74) is 0.271. The number of nitrogens with one attached hydrogen (secondary N) is 1. The fourth-order valence-electron chi connectivity index (χ4n) is 1.80. The molecule has 0 saturated heterocycles. The van der Waals surface area contributed by atoms with Crippen molar-refractivity contribution in [3.05, 3.63) is 21.9 Å². The predicted octanol–water partition coefficient (Wildman–Crippen LogP) is 3.69. The Morgan fingerprint density at radius 3 is 2.44 bits per heavy atom. The molecule has 1 aromatic rings. The number of thiophene rings is 1. The van der Waals surface area contributed by atoms with E-state index in [-0.39, 0.29) is 5.41 Å². The lowest BCUT2D eigenvalue weighted by Crippen LogP contribution is -2.13. The van der Waals surface area contributed by atoms with Crippen molar-refractivity contribution in [2.45, 2.75) is 58.4 Å². The molecule has 18 heavy (non-hydrogen) atoms. The third kappa shape index (κ3) is 5.98. The summed E-state index contributed by atoms with van der Waals surface area (Å²) in [5, 5.41) is 12.2. The molecule has 0 bridgehead atoms. The Bertz CT molecular complexity index is 327. The summed E-state index contributed by atoms with van der Waals surface area (Å²) in [4.78, 5) is 2.89. The zero-order chi connectivity index (χ0) is 13.4. The van der Waals surface area contributed by atoms with E-state index in [2.05, 4.69) is 38.2 Å². The van der Waals surface area contributed by atoms with Gasteiger partial charge in [0.1, 0.15) is 0 Å². The monoisotopic (exact) mass is 269 g/mol. The third-order valence-electron chi connectivity index (χ3n) is 2.96. The Morgan fingerprint density at radius 1 is 1.11 bits per heavy atom. The number of aliphatic hydroxyl groups is 1. The SMILES string of the molecule is CC(C)(C)c1ccc(CNCCCCCCO)s1. The lowest BCUT2D eigenvalue weighted by Gasteiger charge is -2.15. The summed E-state index contributed by atoms with van der Waals surface area (Å²) < 4.78 is 0. The van der Waals surface area contributed by atoms with Gasteiger partial charge < -0.3 is 10.4 Å². The van der Waals surface area contributed by atoms with Crippen molar-refractivity contribution in [1.82, 2.24) is 5.32 Å². The second-order valence-corrected chi connectivity index (χ2v) is 7.00. The van der Waals surface area contributed by atoms with Gasteiger partial charge in [0.2, 0.25) is 0 Å². The average Bonchev–Trinajstić information content (AvgIpc) is 2.76. The largest absolute Gasteiger partial charge is 0.396 e. The van der Waals surface area contributed by atoms with Crippen molar-refractivity contribution < 1.29 is 5.11 Å². The van der Waals surface area contributed by atoms with Crippen LogP contribution in [0.4, 0.5) is 0 Å². The molecule has 0 fully saturated rings. The molecule has 0 aliphatic carbocycles. The van der Waals surface area contributed by atoms with Crippen LogP contribution in [-0.2, 0) is 12.0 Å². The smallest absolute Gasteiger partial charge is 0.0431 e. The Hall–Kier alpha value is -0.380. The van der Waals surface area contributed by atoms with Crippen molar-refractivity contribution >= 4 is 11.3 Å². The first-order chi connectivity index (χ1) is 8.54. The molecule has 0 saturated carbocycles. The minimum absolute atomic E-state index is 0.271. The minimum Gasteiger partial charge on any atom is -0.396 e. The minimum atomic E-state index is 0.271. The first-order valence-electron chi connectivity index (χ1n) is 6.95. The van der Waals surface area contributed by atoms with Crippen molar-refractivity contribution in [1.29, 1.82) is 0 Å². The molecule has 2 nitrogen and oxygen atoms in total. The maximum atomic E-state index is 8.67. The molecule has 0 aliphatic rings. The molecule has 0 unspecified atom stereocenters. The van der Waals surface area contributed by atoms with Crippen LogP contribution in [0.2, 0.25) is 0 Å². The molecule has 0 radical (unpaired) electrons. The van der Waals surface area contributed by atoms with Gasteiger partial charge in [0.15, 0.2) is 0 Å². The van der Waals surface area contributed by atoms with Gasteiger partial charge in [0.25, 0.3) is 0 Å². The van der Waals surface area contributed by atoms with Crippen LogP contribution in [0.5, 0.6) is 0 Å². The molecule has 0 atom stereocenters. The summed E-state index contributed by atoms with van der Waals surface area (Å²) in [6.45, 7) is 9.18. The predicted molar refractivity (Wildman–Crippen MR) is 80.3 cm³/mol. The molecule has 0 spiro atoms. The Balaban J connectivity index is 2.14. The van der Waals surface area contributed by atoms with Crippen LogP contribution < -0.4 is 5.32 Å². The lowest BCUT2D eigenvalue weighted by atomic mass is 9.95. The van der Waals surface area contributed by atoms with Crippen molar-refractivity contribution in [3.63, 3.8) is 0 Å². The summed E-state index contributed by atoms with van der Waals surface area (Å²) in [7, 11) is 0. The summed E-state index contributed by atoms with van der Waals surface area (Å²) in [6.07, 6.45) is 4.51. The molecular weight excluding hydrogens is 242 g/mol. The first kappa shape index (κ1) is 15.7. The van der Waals surface area contributed by atoms with Gasteiger partial charge in [-0.1, -0.05) is 33.6 Å². The fraction of sp³-hybridized carbons (Fsp3) is 0.733. The van der Waals surface area contributed by atoms with E-state index < -0.39 is 0 Å². The van der Waals surface area contributed by atoms with E-state index >= 15 is 0 Å². The molecule has 2 N–H and O–H groups in total. The van der Waals surface area contributed by atoms with E-state index in [0.717, 1.165) is 25.9 Å². The lowest BCUT2D eigenvalue weighted by molar-refractivity contribution is 0.282. The molecule has 0 amide bonds. The highest BCUT2D eigenvalue weighted by Gasteiger charge is 2.15. The van der Waals surface area contributed by atoms with Gasteiger partial charge >= 0.3 is 0 Å². The maximum Gasteiger partial charge on any atom is 0.0431 e. The first-order valence-corrected chi connectivity index (χ1v) is 7.76. The summed E-state index contributed by atoms with van der Waals surface area (Å²) in [5.74, 6) is 0. The van der Waals surface area contributed by atoms with E-state index in [0.29, 0.717) is 6.61 Å². The second-order valence-electron chi connectivity index (χ2n) is 5.83. The van der Waals surface area contributed by atoms with Crippen LogP contribution in [0, 0.1) is 0 Å². The van der Waals surface area contributed by atoms with Crippen molar-refractivity contribution in [2.24, 2.45) is 0 Å². The van der Waals surface area contributed by atoms with Gasteiger partial charge in [-0.25, -0.2) is 0 Å². The van der Waals surface area contributed by atoms with Gasteiger partial charge in [-0.3, -0.25) is 0 Å². The standard InChI is InChI=1S/C15H27NOS/c1-15(2,3)14-9-8-13(18-14)12-16-10-6-4-5-7-11-17/h8-9,16-17H,4-7,10-12H2,1-3H3. The molecule has 1 rings (SSSR count). The summed E-state index contributed by atoms with van der Waals surface area (Å²) >= 11 is 1.92. The van der Waals surface area contributed by atoms with Gasteiger partial charge in [-0.15, -0.1) is 11.3 Å². The zero-order valence-electron chi connectivity index (χ0n) is 12.0. The van der Waals surface area contributed by atoms with Gasteiger partial charge in [0.05, 0.1) is 0 Å². The topological polar surface area (TPSA) is 32.3 Å². The molecule has 0 aromatic carbocycles. The van der Waals surface area contributed by atoms with Crippen LogP contribution in [0.1, 0.15) is 56.2 Å². The van der Waals surface area contributed by atoms with Crippen LogP contribution in [0.25, 0.3) is 0 Å². The highest BCUT2D eigenvalue weighted by atomic mass is 32.1. The highest BCUT2D eigenvalue weighted by Crippen LogP contribution is 2.29. The number of aliphatic hydroxyl groups excluding tert-OH is 1. The molecular formula is C15H27NOS. The van der Waals surface area contributed by atoms with E-state index in [1.807, 2.05) is 11.3 Å². The quantitative estimate of drug-likeness (QED) is 0.706. The van der Waals surface area contributed by atoms with Gasteiger partial charge in [0, 0.05) is 22.9 Å². The van der Waals surface area contributed by atoms with Gasteiger partial charge in [-0.2, -0.15) is 0 Å². The van der Waals surface area contributed by atoms with Crippen LogP contribution in [0.15, 0.2) is 12.1 Å².